The monoisotopic (exact) mass is 296 g/mol. The van der Waals surface area contributed by atoms with Crippen LogP contribution >= 0.6 is 0 Å². The van der Waals surface area contributed by atoms with E-state index < -0.39 is 0 Å². The molecule has 3 heterocycles. The first-order valence-electron chi connectivity index (χ1n) is 7.25. The minimum absolute atomic E-state index is 0.234. The molecule has 2 N–H and O–H groups in total. The third-order valence-electron chi connectivity index (χ3n) is 4.16. The summed E-state index contributed by atoms with van der Waals surface area (Å²) < 4.78 is 1.81. The number of anilines is 1. The van der Waals surface area contributed by atoms with Crippen LogP contribution in [0.25, 0.3) is 11.2 Å². The van der Waals surface area contributed by atoms with E-state index in [9.17, 15) is 4.79 Å². The van der Waals surface area contributed by atoms with Gasteiger partial charge in [0.15, 0.2) is 11.5 Å². The highest BCUT2D eigenvalue weighted by Crippen LogP contribution is 2.46. The highest BCUT2D eigenvalue weighted by Gasteiger charge is 2.35. The zero-order valence-electron chi connectivity index (χ0n) is 12.4. The van der Waals surface area contributed by atoms with Crippen LogP contribution in [0.5, 0.6) is 0 Å². The van der Waals surface area contributed by atoms with Gasteiger partial charge in [0.1, 0.15) is 5.52 Å². The maximum absolute atomic E-state index is 12.3. The molecule has 0 radical (unpaired) electrons. The van der Waals surface area contributed by atoms with Crippen molar-refractivity contribution in [3.8, 4) is 0 Å². The van der Waals surface area contributed by atoms with Crippen LogP contribution in [0.4, 0.5) is 5.82 Å². The van der Waals surface area contributed by atoms with E-state index in [-0.39, 0.29) is 5.91 Å². The average Bonchev–Trinajstić information content (AvgIpc) is 2.92. The second kappa shape index (κ2) is 4.66. The lowest BCUT2D eigenvalue weighted by atomic mass is 10.2. The molecule has 1 aliphatic carbocycles. The molecule has 3 aromatic rings. The summed E-state index contributed by atoms with van der Waals surface area (Å²) in [6.45, 7) is 2.21. The minimum Gasteiger partial charge on any atom is -0.318 e. The number of amides is 1. The molecule has 0 saturated heterocycles. The first-order valence-corrected chi connectivity index (χ1v) is 7.25. The zero-order chi connectivity index (χ0) is 15.3. The summed E-state index contributed by atoms with van der Waals surface area (Å²) in [5, 5.41) is 9.93. The number of aromatic nitrogens is 5. The SMILES string of the molecule is C[C@H]1C[C@H]1c1cc(NC(=O)c2cnc3c(c2)ncn3C)n[nH]1. The van der Waals surface area contributed by atoms with Crippen molar-refractivity contribution in [1.82, 2.24) is 24.7 Å². The molecule has 3 aromatic heterocycles. The number of carbonyl (C=O) groups excluding carboxylic acids is 1. The van der Waals surface area contributed by atoms with Gasteiger partial charge in [0, 0.05) is 30.9 Å². The largest absolute Gasteiger partial charge is 0.318 e. The first-order chi connectivity index (χ1) is 10.6. The maximum Gasteiger partial charge on any atom is 0.258 e. The van der Waals surface area contributed by atoms with Crippen LogP contribution in [-0.4, -0.2) is 30.6 Å². The van der Waals surface area contributed by atoms with E-state index in [2.05, 4.69) is 32.4 Å². The van der Waals surface area contributed by atoms with Crippen molar-refractivity contribution in [2.45, 2.75) is 19.3 Å². The van der Waals surface area contributed by atoms with E-state index in [4.69, 9.17) is 0 Å². The van der Waals surface area contributed by atoms with Gasteiger partial charge in [-0.25, -0.2) is 9.97 Å². The number of carbonyl (C=O) groups is 1. The number of nitrogens with one attached hydrogen (secondary N) is 2. The fraction of sp³-hybridized carbons (Fsp3) is 0.333. The number of hydrogen-bond donors (Lipinski definition) is 2. The van der Waals surface area contributed by atoms with Crippen molar-refractivity contribution in [2.24, 2.45) is 13.0 Å². The van der Waals surface area contributed by atoms with Crippen LogP contribution in [-0.2, 0) is 7.05 Å². The van der Waals surface area contributed by atoms with Crippen LogP contribution in [0.15, 0.2) is 24.7 Å². The van der Waals surface area contributed by atoms with E-state index in [1.165, 1.54) is 6.42 Å². The fourth-order valence-electron chi connectivity index (χ4n) is 2.67. The van der Waals surface area contributed by atoms with Crippen molar-refractivity contribution < 1.29 is 4.79 Å². The molecule has 22 heavy (non-hydrogen) atoms. The Morgan fingerprint density at radius 1 is 1.41 bits per heavy atom. The number of nitrogens with zero attached hydrogens (tertiary/aromatic N) is 4. The second-order valence-electron chi connectivity index (χ2n) is 5.90. The minimum atomic E-state index is -0.234. The van der Waals surface area contributed by atoms with Crippen molar-refractivity contribution in [1.29, 1.82) is 0 Å². The molecule has 4 rings (SSSR count). The standard InChI is InChI=1S/C15H16N6O/c1-8-3-10(8)11-5-13(20-19-11)18-15(22)9-4-12-14(16-6-9)21(2)7-17-12/h4-8,10H,3H2,1-2H3,(H2,18,19,20,22)/t8-,10+/m0/s1. The quantitative estimate of drug-likeness (QED) is 0.774. The van der Waals surface area contributed by atoms with Crippen molar-refractivity contribution >= 4 is 22.9 Å². The fourth-order valence-corrected chi connectivity index (χ4v) is 2.67. The van der Waals surface area contributed by atoms with Crippen molar-refractivity contribution in [3.05, 3.63) is 35.9 Å². The number of imidazole rings is 1. The molecule has 7 heteroatoms. The van der Waals surface area contributed by atoms with Gasteiger partial charge in [0.2, 0.25) is 0 Å². The molecule has 2 atom stereocenters. The highest BCUT2D eigenvalue weighted by atomic mass is 16.1. The maximum atomic E-state index is 12.3. The van der Waals surface area contributed by atoms with E-state index in [1.807, 2.05) is 17.7 Å². The summed E-state index contributed by atoms with van der Waals surface area (Å²) in [6, 6.07) is 3.63. The molecule has 0 unspecified atom stereocenters. The predicted octanol–water partition coefficient (Wildman–Crippen LogP) is 2.07. The van der Waals surface area contributed by atoms with Crippen LogP contribution in [0, 0.1) is 5.92 Å². The van der Waals surface area contributed by atoms with E-state index in [1.54, 1.807) is 18.6 Å². The summed E-state index contributed by atoms with van der Waals surface area (Å²) in [5.74, 6) is 1.55. The Labute approximate surface area is 126 Å². The summed E-state index contributed by atoms with van der Waals surface area (Å²) in [5.41, 5.74) is 3.00. The lowest BCUT2D eigenvalue weighted by molar-refractivity contribution is 0.102. The summed E-state index contributed by atoms with van der Waals surface area (Å²) in [4.78, 5) is 20.8. The van der Waals surface area contributed by atoms with Crippen LogP contribution in [0.1, 0.15) is 35.3 Å². The van der Waals surface area contributed by atoms with E-state index in [0.29, 0.717) is 28.7 Å². The molecule has 112 valence electrons. The third kappa shape index (κ3) is 2.14. The molecule has 0 aromatic carbocycles. The second-order valence-corrected chi connectivity index (χ2v) is 5.90. The van der Waals surface area contributed by atoms with Gasteiger partial charge in [-0.2, -0.15) is 5.10 Å². The Morgan fingerprint density at radius 2 is 2.23 bits per heavy atom. The predicted molar refractivity (Wildman–Crippen MR) is 81.6 cm³/mol. The van der Waals surface area contributed by atoms with Gasteiger partial charge in [-0.3, -0.25) is 9.89 Å². The molecule has 1 saturated carbocycles. The van der Waals surface area contributed by atoms with E-state index in [0.717, 1.165) is 11.3 Å². The Bertz CT molecular complexity index is 864. The number of aryl methyl sites for hydroxylation is 1. The van der Waals surface area contributed by atoms with Gasteiger partial charge in [0.05, 0.1) is 11.9 Å². The summed E-state index contributed by atoms with van der Waals surface area (Å²) in [6.07, 6.45) is 4.40. The average molecular weight is 296 g/mol. The molecule has 1 fully saturated rings. The highest BCUT2D eigenvalue weighted by molar-refractivity contribution is 6.04. The number of hydrogen-bond acceptors (Lipinski definition) is 4. The molecule has 0 spiro atoms. The van der Waals surface area contributed by atoms with Crippen molar-refractivity contribution in [2.75, 3.05) is 5.32 Å². The zero-order valence-corrected chi connectivity index (χ0v) is 12.4. The van der Waals surface area contributed by atoms with Gasteiger partial charge in [0.25, 0.3) is 5.91 Å². The van der Waals surface area contributed by atoms with E-state index >= 15 is 0 Å². The Morgan fingerprint density at radius 3 is 3.00 bits per heavy atom. The van der Waals surface area contributed by atoms with Crippen LogP contribution in [0.2, 0.25) is 0 Å². The molecule has 0 aliphatic heterocycles. The van der Waals surface area contributed by atoms with Gasteiger partial charge in [-0.05, 0) is 18.4 Å². The Kier molecular flexibility index (Phi) is 2.75. The number of pyridine rings is 1. The Hall–Kier alpha value is -2.70. The summed E-state index contributed by atoms with van der Waals surface area (Å²) in [7, 11) is 1.87. The lowest BCUT2D eigenvalue weighted by Gasteiger charge is -2.01. The molecule has 1 amide bonds. The van der Waals surface area contributed by atoms with Crippen LogP contribution < -0.4 is 5.32 Å². The number of H-pyrrole nitrogens is 1. The van der Waals surface area contributed by atoms with Gasteiger partial charge < -0.3 is 9.88 Å². The normalized spacial score (nSPS) is 20.3. The van der Waals surface area contributed by atoms with Gasteiger partial charge >= 0.3 is 0 Å². The van der Waals surface area contributed by atoms with Crippen LogP contribution in [0.3, 0.4) is 0 Å². The smallest absolute Gasteiger partial charge is 0.258 e. The molecule has 7 nitrogen and oxygen atoms in total. The molecular formula is C15H16N6O. The molecule has 0 bridgehead atoms. The Balaban J connectivity index is 1.54. The van der Waals surface area contributed by atoms with Crippen molar-refractivity contribution in [3.63, 3.8) is 0 Å². The topological polar surface area (TPSA) is 88.5 Å². The number of fused-ring (bicyclic) bond motifs is 1. The lowest BCUT2D eigenvalue weighted by Crippen LogP contribution is -2.12. The number of rotatable bonds is 3. The van der Waals surface area contributed by atoms with Gasteiger partial charge in [-0.1, -0.05) is 6.92 Å². The molecule has 1 aliphatic rings. The number of aromatic amines is 1. The van der Waals surface area contributed by atoms with Gasteiger partial charge in [-0.15, -0.1) is 0 Å². The first kappa shape index (κ1) is 13.0. The molecular weight excluding hydrogens is 280 g/mol. The third-order valence-corrected chi connectivity index (χ3v) is 4.16. The summed E-state index contributed by atoms with van der Waals surface area (Å²) >= 11 is 0.